The van der Waals surface area contributed by atoms with Gasteiger partial charge in [0.2, 0.25) is 0 Å². The van der Waals surface area contributed by atoms with E-state index < -0.39 is 41.7 Å². The lowest BCUT2D eigenvalue weighted by Gasteiger charge is -2.20. The van der Waals surface area contributed by atoms with E-state index >= 15 is 0 Å². The van der Waals surface area contributed by atoms with Crippen molar-refractivity contribution in [2.24, 2.45) is 0 Å². The Morgan fingerprint density at radius 1 is 0.964 bits per heavy atom. The van der Waals surface area contributed by atoms with Crippen molar-refractivity contribution < 1.29 is 32.2 Å². The van der Waals surface area contributed by atoms with Crippen molar-refractivity contribution in [3.63, 3.8) is 0 Å². The van der Waals surface area contributed by atoms with Crippen molar-refractivity contribution in [1.82, 2.24) is 0 Å². The summed E-state index contributed by atoms with van der Waals surface area (Å²) < 4.78 is 50.2. The molecular weight excluding hydrogens is 377 g/mol. The second kappa shape index (κ2) is 8.64. The summed E-state index contributed by atoms with van der Waals surface area (Å²) in [5, 5.41) is 4.66. The fourth-order valence-corrected chi connectivity index (χ4v) is 2.05. The average Bonchev–Trinajstić information content (AvgIpc) is 2.55. The summed E-state index contributed by atoms with van der Waals surface area (Å²) in [6.45, 7) is 4.41. The molecule has 0 heterocycles. The first-order chi connectivity index (χ1) is 13.0. The fraction of sp³-hybridized carbons (Fsp3) is 0.263. The minimum Gasteiger partial charge on any atom is -0.481 e. The van der Waals surface area contributed by atoms with Crippen molar-refractivity contribution in [1.29, 1.82) is 0 Å². The first kappa shape index (κ1) is 21.1. The highest BCUT2D eigenvalue weighted by molar-refractivity contribution is 5.93. The molecule has 6 nitrogen and oxygen atoms in total. The van der Waals surface area contributed by atoms with Crippen LogP contribution in [-0.4, -0.2) is 24.2 Å². The molecule has 2 aromatic rings. The predicted molar refractivity (Wildman–Crippen MR) is 96.7 cm³/mol. The lowest BCUT2D eigenvalue weighted by Crippen LogP contribution is -2.27. The van der Waals surface area contributed by atoms with Gasteiger partial charge in [0.25, 0.3) is 5.91 Å². The predicted octanol–water partition coefficient (Wildman–Crippen LogP) is 4.47. The topological polar surface area (TPSA) is 76.7 Å². The van der Waals surface area contributed by atoms with E-state index in [9.17, 15) is 22.8 Å². The number of hydrogen-bond acceptors (Lipinski definition) is 4. The van der Waals surface area contributed by atoms with Crippen molar-refractivity contribution in [3.05, 3.63) is 53.8 Å². The Labute approximate surface area is 159 Å². The van der Waals surface area contributed by atoms with Gasteiger partial charge in [-0.1, -0.05) is 0 Å². The summed E-state index contributed by atoms with van der Waals surface area (Å²) in [5.74, 6) is -3.40. The Hall–Kier alpha value is -3.23. The molecular formula is C19H19F3N2O4. The van der Waals surface area contributed by atoms with Crippen LogP contribution in [0.3, 0.4) is 0 Å². The molecule has 0 saturated carbocycles. The minimum atomic E-state index is -0.946. The van der Waals surface area contributed by atoms with E-state index in [1.807, 2.05) is 0 Å². The van der Waals surface area contributed by atoms with Gasteiger partial charge in [-0.25, -0.2) is 18.0 Å². The average molecular weight is 396 g/mol. The van der Waals surface area contributed by atoms with Gasteiger partial charge in [-0.05, 0) is 51.1 Å². The van der Waals surface area contributed by atoms with Crippen LogP contribution in [0.15, 0.2) is 36.4 Å². The smallest absolute Gasteiger partial charge is 0.412 e. The van der Waals surface area contributed by atoms with Gasteiger partial charge in [-0.3, -0.25) is 10.1 Å². The van der Waals surface area contributed by atoms with Gasteiger partial charge in [0.1, 0.15) is 17.2 Å². The van der Waals surface area contributed by atoms with Crippen LogP contribution in [0, 0.1) is 17.5 Å². The van der Waals surface area contributed by atoms with E-state index in [2.05, 4.69) is 10.6 Å². The van der Waals surface area contributed by atoms with Crippen LogP contribution in [0.1, 0.15) is 20.8 Å². The molecule has 0 aliphatic heterocycles. The number of rotatable bonds is 5. The second-order valence-electron chi connectivity index (χ2n) is 6.73. The van der Waals surface area contributed by atoms with E-state index in [0.29, 0.717) is 6.07 Å². The lowest BCUT2D eigenvalue weighted by molar-refractivity contribution is -0.118. The normalized spacial score (nSPS) is 10.9. The molecule has 0 radical (unpaired) electrons. The van der Waals surface area contributed by atoms with E-state index in [4.69, 9.17) is 9.47 Å². The largest absolute Gasteiger partial charge is 0.481 e. The highest BCUT2D eigenvalue weighted by Gasteiger charge is 2.18. The van der Waals surface area contributed by atoms with Crippen LogP contribution in [0.4, 0.5) is 29.3 Å². The summed E-state index contributed by atoms with van der Waals surface area (Å²) in [4.78, 5) is 23.7. The Bertz CT molecular complexity index is 882. The summed E-state index contributed by atoms with van der Waals surface area (Å²) >= 11 is 0. The van der Waals surface area contributed by atoms with Gasteiger partial charge >= 0.3 is 6.09 Å². The number of ether oxygens (including phenoxy) is 2. The fourth-order valence-electron chi connectivity index (χ4n) is 2.05. The molecule has 0 atom stereocenters. The molecule has 0 fully saturated rings. The number of amides is 2. The summed E-state index contributed by atoms with van der Waals surface area (Å²) in [6, 6.07) is 6.18. The molecule has 9 heteroatoms. The van der Waals surface area contributed by atoms with Crippen molar-refractivity contribution in [2.75, 3.05) is 17.2 Å². The van der Waals surface area contributed by atoms with Gasteiger partial charge in [0.15, 0.2) is 18.2 Å². The van der Waals surface area contributed by atoms with Crippen LogP contribution < -0.4 is 15.4 Å². The molecule has 28 heavy (non-hydrogen) atoms. The number of carbonyl (C=O) groups is 2. The quantitative estimate of drug-likeness (QED) is 0.782. The number of carbonyl (C=O) groups excluding carboxylic acids is 2. The SMILES string of the molecule is CC(C)(C)OC(=O)Nc1cc(NC(=O)COc2ccc(F)cc2F)ccc1F. The maximum Gasteiger partial charge on any atom is 0.412 e. The zero-order valence-electron chi connectivity index (χ0n) is 15.4. The van der Waals surface area contributed by atoms with Crippen LogP contribution in [0.5, 0.6) is 5.75 Å². The van der Waals surface area contributed by atoms with Gasteiger partial charge in [-0.2, -0.15) is 0 Å². The molecule has 0 aliphatic rings. The van der Waals surface area contributed by atoms with Crippen LogP contribution in [0.2, 0.25) is 0 Å². The number of benzene rings is 2. The summed E-state index contributed by atoms with van der Waals surface area (Å²) in [7, 11) is 0. The number of hydrogen-bond donors (Lipinski definition) is 2. The highest BCUT2D eigenvalue weighted by atomic mass is 19.1. The molecule has 0 aliphatic carbocycles. The van der Waals surface area contributed by atoms with Gasteiger partial charge in [-0.15, -0.1) is 0 Å². The minimum absolute atomic E-state index is 0.167. The van der Waals surface area contributed by atoms with E-state index in [1.165, 1.54) is 12.1 Å². The number of anilines is 2. The number of nitrogens with one attached hydrogen (secondary N) is 2. The molecule has 2 aromatic carbocycles. The van der Waals surface area contributed by atoms with E-state index in [1.54, 1.807) is 20.8 Å². The Balaban J connectivity index is 1.98. The molecule has 2 amide bonds. The monoisotopic (exact) mass is 396 g/mol. The highest BCUT2D eigenvalue weighted by Crippen LogP contribution is 2.21. The zero-order chi connectivity index (χ0) is 20.9. The van der Waals surface area contributed by atoms with Crippen LogP contribution in [-0.2, 0) is 9.53 Å². The van der Waals surface area contributed by atoms with Gasteiger partial charge < -0.3 is 14.8 Å². The Kier molecular flexibility index (Phi) is 6.50. The molecule has 0 bridgehead atoms. The molecule has 0 aromatic heterocycles. The maximum absolute atomic E-state index is 13.9. The molecule has 0 spiro atoms. The molecule has 0 unspecified atom stereocenters. The third-order valence-electron chi connectivity index (χ3n) is 3.14. The Morgan fingerprint density at radius 2 is 1.68 bits per heavy atom. The summed E-state index contributed by atoms with van der Waals surface area (Å²) in [6.07, 6.45) is -0.856. The zero-order valence-corrected chi connectivity index (χ0v) is 15.4. The second-order valence-corrected chi connectivity index (χ2v) is 6.73. The standard InChI is InChI=1S/C19H19F3N2O4/c1-19(2,3)28-18(26)24-15-9-12(5-6-13(15)21)23-17(25)10-27-16-7-4-11(20)8-14(16)22/h4-9H,10H2,1-3H3,(H,23,25)(H,24,26). The van der Waals surface area contributed by atoms with E-state index in [0.717, 1.165) is 18.2 Å². The van der Waals surface area contributed by atoms with Crippen molar-refractivity contribution in [2.45, 2.75) is 26.4 Å². The lowest BCUT2D eigenvalue weighted by atomic mass is 10.2. The molecule has 2 rings (SSSR count). The van der Waals surface area contributed by atoms with Gasteiger partial charge in [0.05, 0.1) is 5.69 Å². The first-order valence-electron chi connectivity index (χ1n) is 8.21. The van der Waals surface area contributed by atoms with Crippen LogP contribution >= 0.6 is 0 Å². The maximum atomic E-state index is 13.9. The number of halogens is 3. The van der Waals surface area contributed by atoms with Crippen molar-refractivity contribution in [3.8, 4) is 5.75 Å². The Morgan fingerprint density at radius 3 is 2.32 bits per heavy atom. The van der Waals surface area contributed by atoms with Gasteiger partial charge in [0, 0.05) is 11.8 Å². The van der Waals surface area contributed by atoms with Crippen LogP contribution in [0.25, 0.3) is 0 Å². The summed E-state index contributed by atoms with van der Waals surface area (Å²) in [5.41, 5.74) is -0.794. The molecule has 2 N–H and O–H groups in total. The molecule has 150 valence electrons. The molecule has 0 saturated heterocycles. The van der Waals surface area contributed by atoms with Crippen molar-refractivity contribution >= 4 is 23.4 Å². The third kappa shape index (κ3) is 6.49. The van der Waals surface area contributed by atoms with E-state index in [-0.39, 0.29) is 17.1 Å². The first-order valence-corrected chi connectivity index (χ1v) is 8.21. The third-order valence-corrected chi connectivity index (χ3v) is 3.14.